The number of likely N-dealkylation sites (tertiary alicyclic amines) is 1. The van der Waals surface area contributed by atoms with Crippen molar-refractivity contribution in [3.8, 4) is 11.3 Å². The Morgan fingerprint density at radius 3 is 2.66 bits per heavy atom. The van der Waals surface area contributed by atoms with Gasteiger partial charge in [-0.05, 0) is 67.7 Å². The predicted octanol–water partition coefficient (Wildman–Crippen LogP) is 3.81. The molecule has 6 heteroatoms. The number of hydrogen-bond acceptors (Lipinski definition) is 4. The summed E-state index contributed by atoms with van der Waals surface area (Å²) in [6, 6.07) is 10.6. The molecule has 3 fully saturated rings. The van der Waals surface area contributed by atoms with Crippen molar-refractivity contribution in [2.24, 2.45) is 17.8 Å². The molecule has 0 radical (unpaired) electrons. The van der Waals surface area contributed by atoms with Crippen LogP contribution in [0.4, 0.5) is 0 Å². The van der Waals surface area contributed by atoms with E-state index in [2.05, 4.69) is 10.2 Å². The molecule has 2 aliphatic carbocycles. The third kappa shape index (κ3) is 4.09. The summed E-state index contributed by atoms with van der Waals surface area (Å²) in [5.74, 6) is 2.53. The van der Waals surface area contributed by atoms with Crippen molar-refractivity contribution in [2.45, 2.75) is 37.8 Å². The first-order valence-electron chi connectivity index (χ1n) is 10.6. The van der Waals surface area contributed by atoms with E-state index in [9.17, 15) is 9.90 Å². The van der Waals surface area contributed by atoms with Crippen LogP contribution in [0.15, 0.2) is 40.8 Å². The molecule has 0 spiro atoms. The Morgan fingerprint density at radius 1 is 1.14 bits per heavy atom. The Hall–Kier alpha value is -1.82. The van der Waals surface area contributed by atoms with Gasteiger partial charge in [0.05, 0.1) is 17.2 Å². The number of fused-ring (bicyclic) bond motifs is 1. The second kappa shape index (κ2) is 7.78. The Labute approximate surface area is 176 Å². The van der Waals surface area contributed by atoms with Gasteiger partial charge in [0.25, 0.3) is 5.91 Å². The van der Waals surface area contributed by atoms with Crippen LogP contribution >= 0.6 is 11.6 Å². The molecule has 5 nitrogen and oxygen atoms in total. The minimum Gasteiger partial charge on any atom is -0.451 e. The summed E-state index contributed by atoms with van der Waals surface area (Å²) in [4.78, 5) is 15.3. The van der Waals surface area contributed by atoms with Crippen LogP contribution in [0.5, 0.6) is 0 Å². The van der Waals surface area contributed by atoms with Gasteiger partial charge in [-0.1, -0.05) is 23.7 Å². The van der Waals surface area contributed by atoms with Gasteiger partial charge in [-0.2, -0.15) is 0 Å². The second-order valence-electron chi connectivity index (χ2n) is 8.94. The van der Waals surface area contributed by atoms with Crippen molar-refractivity contribution >= 4 is 17.5 Å². The van der Waals surface area contributed by atoms with Crippen molar-refractivity contribution in [1.82, 2.24) is 10.2 Å². The summed E-state index contributed by atoms with van der Waals surface area (Å²) in [7, 11) is 0. The number of carbonyl (C=O) groups is 1. The topological polar surface area (TPSA) is 65.7 Å². The first-order valence-corrected chi connectivity index (χ1v) is 11.0. The molecular weight excluding hydrogens is 388 g/mol. The Kier molecular flexibility index (Phi) is 5.14. The number of halogens is 1. The molecule has 4 atom stereocenters. The van der Waals surface area contributed by atoms with E-state index < -0.39 is 6.10 Å². The molecule has 2 N–H and O–H groups in total. The molecule has 1 amide bonds. The molecule has 1 aliphatic heterocycles. The molecule has 2 heterocycles. The Balaban J connectivity index is 1.22. The van der Waals surface area contributed by atoms with Crippen LogP contribution in [0, 0.1) is 17.8 Å². The lowest BCUT2D eigenvalue weighted by atomic mass is 9.77. The van der Waals surface area contributed by atoms with Crippen molar-refractivity contribution < 1.29 is 14.3 Å². The minimum atomic E-state index is -0.501. The molecule has 2 aromatic rings. The minimum absolute atomic E-state index is 0.224. The summed E-state index contributed by atoms with van der Waals surface area (Å²) in [6.07, 6.45) is 3.83. The van der Waals surface area contributed by atoms with Crippen LogP contribution in [0.3, 0.4) is 0 Å². The quantitative estimate of drug-likeness (QED) is 0.780. The lowest BCUT2D eigenvalue weighted by Gasteiger charge is -2.35. The Morgan fingerprint density at radius 2 is 1.90 bits per heavy atom. The third-order valence-corrected chi connectivity index (χ3v) is 7.05. The fraction of sp³-hybridized carbons (Fsp3) is 0.522. The van der Waals surface area contributed by atoms with Crippen LogP contribution < -0.4 is 5.32 Å². The monoisotopic (exact) mass is 414 g/mol. The fourth-order valence-electron chi connectivity index (χ4n) is 5.00. The molecule has 1 aromatic carbocycles. The molecule has 0 unspecified atom stereocenters. The number of aliphatic hydroxyl groups is 1. The molecular formula is C23H27ClN2O3. The SMILES string of the molecule is O=C(N[C@H]1C[C@H]2CN(CC3CC3)C[C@H]2C[C@@H]1O)c1ccc(-c2ccccc2Cl)o1. The normalized spacial score (nSPS) is 29.6. The first kappa shape index (κ1) is 19.2. The van der Waals surface area contributed by atoms with Crippen molar-refractivity contribution in [1.29, 1.82) is 0 Å². The van der Waals surface area contributed by atoms with E-state index in [4.69, 9.17) is 16.0 Å². The maximum atomic E-state index is 12.7. The molecule has 2 saturated carbocycles. The van der Waals surface area contributed by atoms with Gasteiger partial charge in [0.2, 0.25) is 0 Å². The number of amides is 1. The van der Waals surface area contributed by atoms with Gasteiger partial charge in [-0.3, -0.25) is 4.79 Å². The van der Waals surface area contributed by atoms with Gasteiger partial charge in [0.15, 0.2) is 5.76 Å². The fourth-order valence-corrected chi connectivity index (χ4v) is 5.23. The lowest BCUT2D eigenvalue weighted by Crippen LogP contribution is -2.49. The highest BCUT2D eigenvalue weighted by molar-refractivity contribution is 6.33. The van der Waals surface area contributed by atoms with E-state index in [-0.39, 0.29) is 17.7 Å². The number of nitrogens with zero attached hydrogens (tertiary/aromatic N) is 1. The van der Waals surface area contributed by atoms with Gasteiger partial charge in [-0.15, -0.1) is 0 Å². The van der Waals surface area contributed by atoms with Gasteiger partial charge >= 0.3 is 0 Å². The zero-order valence-corrected chi connectivity index (χ0v) is 17.1. The summed E-state index contributed by atoms with van der Waals surface area (Å²) in [5, 5.41) is 14.2. The number of hydrogen-bond donors (Lipinski definition) is 2. The number of furan rings is 1. The van der Waals surface area contributed by atoms with Crippen LogP contribution in [0.2, 0.25) is 5.02 Å². The smallest absolute Gasteiger partial charge is 0.287 e. The highest BCUT2D eigenvalue weighted by Gasteiger charge is 2.43. The van der Waals surface area contributed by atoms with Crippen LogP contribution in [-0.4, -0.2) is 47.7 Å². The number of aliphatic hydroxyl groups excluding tert-OH is 1. The first-order chi connectivity index (χ1) is 14.1. The molecule has 3 aliphatic rings. The third-order valence-electron chi connectivity index (χ3n) is 6.72. The zero-order valence-electron chi connectivity index (χ0n) is 16.4. The van der Waals surface area contributed by atoms with Crippen molar-refractivity contribution in [3.05, 3.63) is 47.2 Å². The summed E-state index contributed by atoms with van der Waals surface area (Å²) in [6.45, 7) is 3.40. The highest BCUT2D eigenvalue weighted by atomic mass is 35.5. The van der Waals surface area contributed by atoms with Crippen LogP contribution in [-0.2, 0) is 0 Å². The molecule has 154 valence electrons. The number of carbonyl (C=O) groups excluding carboxylic acids is 1. The predicted molar refractivity (Wildman–Crippen MR) is 112 cm³/mol. The van der Waals surface area contributed by atoms with E-state index in [1.807, 2.05) is 18.2 Å². The van der Waals surface area contributed by atoms with E-state index in [1.165, 1.54) is 19.4 Å². The van der Waals surface area contributed by atoms with E-state index in [0.717, 1.165) is 37.4 Å². The van der Waals surface area contributed by atoms with E-state index >= 15 is 0 Å². The lowest BCUT2D eigenvalue weighted by molar-refractivity contribution is 0.0452. The maximum Gasteiger partial charge on any atom is 0.287 e. The molecule has 1 aromatic heterocycles. The summed E-state index contributed by atoms with van der Waals surface area (Å²) < 4.78 is 5.76. The van der Waals surface area contributed by atoms with Gasteiger partial charge in [0, 0.05) is 25.2 Å². The highest BCUT2D eigenvalue weighted by Crippen LogP contribution is 2.39. The van der Waals surface area contributed by atoms with Gasteiger partial charge in [0.1, 0.15) is 5.76 Å². The number of rotatable bonds is 5. The summed E-state index contributed by atoms with van der Waals surface area (Å²) >= 11 is 6.22. The van der Waals surface area contributed by atoms with Crippen LogP contribution in [0.1, 0.15) is 36.2 Å². The average molecular weight is 415 g/mol. The largest absolute Gasteiger partial charge is 0.451 e. The standard InChI is InChI=1S/C23H27ClN2O3/c24-18-4-2-1-3-17(18)21-7-8-22(29-21)23(28)25-19-9-15-12-26(11-14-5-6-14)13-16(15)10-20(19)27/h1-4,7-8,14-16,19-20,27H,5-6,9-13H2,(H,25,28)/t15-,16+,19-,20-/m0/s1. The Bertz CT molecular complexity index is 894. The molecule has 0 bridgehead atoms. The van der Waals surface area contributed by atoms with E-state index in [0.29, 0.717) is 22.6 Å². The molecule has 5 rings (SSSR count). The summed E-state index contributed by atoms with van der Waals surface area (Å²) in [5.41, 5.74) is 0.760. The van der Waals surface area contributed by atoms with Gasteiger partial charge in [-0.25, -0.2) is 0 Å². The van der Waals surface area contributed by atoms with Gasteiger partial charge < -0.3 is 19.7 Å². The van der Waals surface area contributed by atoms with E-state index in [1.54, 1.807) is 18.2 Å². The molecule has 1 saturated heterocycles. The molecule has 29 heavy (non-hydrogen) atoms. The van der Waals surface area contributed by atoms with Crippen molar-refractivity contribution in [2.75, 3.05) is 19.6 Å². The second-order valence-corrected chi connectivity index (χ2v) is 9.35. The maximum absolute atomic E-state index is 12.7. The number of benzene rings is 1. The number of nitrogens with one attached hydrogen (secondary N) is 1. The zero-order chi connectivity index (χ0) is 20.0. The van der Waals surface area contributed by atoms with Crippen molar-refractivity contribution in [3.63, 3.8) is 0 Å². The van der Waals surface area contributed by atoms with Crippen LogP contribution in [0.25, 0.3) is 11.3 Å². The average Bonchev–Trinajstić information content (AvgIpc) is 3.22.